The zero-order valence-electron chi connectivity index (χ0n) is 10.6. The van der Waals surface area contributed by atoms with Gasteiger partial charge in [0.05, 0.1) is 25.9 Å². The quantitative estimate of drug-likeness (QED) is 0.763. The van der Waals surface area contributed by atoms with Gasteiger partial charge < -0.3 is 13.9 Å². The smallest absolute Gasteiger partial charge is 0.310 e. The number of carbonyl (C=O) groups excluding carboxylic acids is 1. The summed E-state index contributed by atoms with van der Waals surface area (Å²) in [5.41, 5.74) is 1.47. The fraction of sp³-hybridized carbons (Fsp3) is 0.357. The summed E-state index contributed by atoms with van der Waals surface area (Å²) in [7, 11) is 0. The van der Waals surface area contributed by atoms with Crippen molar-refractivity contribution in [2.75, 3.05) is 13.2 Å². The predicted octanol–water partition coefficient (Wildman–Crippen LogP) is 2.94. The van der Waals surface area contributed by atoms with Gasteiger partial charge >= 0.3 is 5.97 Å². The van der Waals surface area contributed by atoms with Gasteiger partial charge in [0.1, 0.15) is 0 Å². The monoisotopic (exact) mass is 248 g/mol. The molecule has 0 aliphatic heterocycles. The van der Waals surface area contributed by atoms with E-state index in [1.807, 2.05) is 25.1 Å². The first-order valence-corrected chi connectivity index (χ1v) is 6.03. The van der Waals surface area contributed by atoms with E-state index in [-0.39, 0.29) is 12.4 Å². The second-order valence-electron chi connectivity index (χ2n) is 3.81. The molecular formula is C14H16O4. The van der Waals surface area contributed by atoms with E-state index in [9.17, 15) is 4.79 Å². The molecule has 1 aromatic heterocycles. The minimum Gasteiger partial charge on any atom is -0.490 e. The number of hydrogen-bond donors (Lipinski definition) is 0. The molecule has 4 nitrogen and oxygen atoms in total. The van der Waals surface area contributed by atoms with Crippen LogP contribution in [0.4, 0.5) is 0 Å². The highest BCUT2D eigenvalue weighted by Gasteiger charge is 2.15. The third kappa shape index (κ3) is 2.47. The van der Waals surface area contributed by atoms with Gasteiger partial charge in [0, 0.05) is 10.9 Å². The normalized spacial score (nSPS) is 10.6. The maximum atomic E-state index is 11.5. The molecule has 2 rings (SSSR count). The lowest BCUT2D eigenvalue weighted by atomic mass is 10.1. The summed E-state index contributed by atoms with van der Waals surface area (Å²) in [4.78, 5) is 11.5. The number of furan rings is 1. The van der Waals surface area contributed by atoms with Crippen molar-refractivity contribution in [3.8, 4) is 5.75 Å². The average molecular weight is 248 g/mol. The molecule has 0 radical (unpaired) electrons. The summed E-state index contributed by atoms with van der Waals surface area (Å²) in [6, 6.07) is 5.65. The number of ether oxygens (including phenoxy) is 2. The van der Waals surface area contributed by atoms with Gasteiger partial charge in [0.15, 0.2) is 11.3 Å². The van der Waals surface area contributed by atoms with E-state index in [1.165, 1.54) is 0 Å². The molecule has 0 aliphatic carbocycles. The lowest BCUT2D eigenvalue weighted by Crippen LogP contribution is -2.09. The summed E-state index contributed by atoms with van der Waals surface area (Å²) < 4.78 is 15.9. The van der Waals surface area contributed by atoms with Crippen LogP contribution < -0.4 is 4.74 Å². The standard InChI is InChI=1S/C14H16O4/c1-3-16-12(15)9-11-6-5-10-7-8-18-13(10)14(11)17-4-2/h5-8H,3-4,9H2,1-2H3. The Labute approximate surface area is 105 Å². The van der Waals surface area contributed by atoms with E-state index in [2.05, 4.69) is 0 Å². The highest BCUT2D eigenvalue weighted by atomic mass is 16.5. The fourth-order valence-electron chi connectivity index (χ4n) is 1.86. The Bertz CT molecular complexity index is 542. The van der Waals surface area contributed by atoms with Crippen LogP contribution in [0.2, 0.25) is 0 Å². The Kier molecular flexibility index (Phi) is 3.87. The van der Waals surface area contributed by atoms with E-state index in [4.69, 9.17) is 13.9 Å². The van der Waals surface area contributed by atoms with Crippen molar-refractivity contribution in [1.82, 2.24) is 0 Å². The molecule has 1 heterocycles. The van der Waals surface area contributed by atoms with Crippen molar-refractivity contribution in [2.24, 2.45) is 0 Å². The number of fused-ring (bicyclic) bond motifs is 1. The van der Waals surface area contributed by atoms with Crippen LogP contribution in [0, 0.1) is 0 Å². The molecule has 0 atom stereocenters. The van der Waals surface area contributed by atoms with E-state index in [1.54, 1.807) is 13.2 Å². The van der Waals surface area contributed by atoms with Gasteiger partial charge in [-0.15, -0.1) is 0 Å². The summed E-state index contributed by atoms with van der Waals surface area (Å²) in [5, 5.41) is 0.964. The van der Waals surface area contributed by atoms with E-state index >= 15 is 0 Å². The Morgan fingerprint density at radius 2 is 2.06 bits per heavy atom. The summed E-state index contributed by atoms with van der Waals surface area (Å²) in [6.45, 7) is 4.59. The first kappa shape index (κ1) is 12.5. The highest BCUT2D eigenvalue weighted by Crippen LogP contribution is 2.31. The maximum absolute atomic E-state index is 11.5. The maximum Gasteiger partial charge on any atom is 0.310 e. The molecule has 0 bridgehead atoms. The molecule has 2 aromatic rings. The van der Waals surface area contributed by atoms with E-state index in [0.29, 0.717) is 24.5 Å². The van der Waals surface area contributed by atoms with Crippen LogP contribution in [0.5, 0.6) is 5.75 Å². The molecule has 0 saturated heterocycles. The van der Waals surface area contributed by atoms with Crippen molar-refractivity contribution < 1.29 is 18.7 Å². The molecule has 4 heteroatoms. The van der Waals surface area contributed by atoms with Crippen LogP contribution in [0.3, 0.4) is 0 Å². The molecule has 96 valence electrons. The van der Waals surface area contributed by atoms with Gasteiger partial charge in [0.2, 0.25) is 0 Å². The van der Waals surface area contributed by atoms with Gasteiger partial charge in [-0.2, -0.15) is 0 Å². The lowest BCUT2D eigenvalue weighted by molar-refractivity contribution is -0.142. The fourth-order valence-corrected chi connectivity index (χ4v) is 1.86. The van der Waals surface area contributed by atoms with Gasteiger partial charge in [-0.25, -0.2) is 0 Å². The SMILES string of the molecule is CCOC(=O)Cc1ccc2ccoc2c1OCC. The molecule has 0 amide bonds. The number of benzene rings is 1. The van der Waals surface area contributed by atoms with Crippen LogP contribution in [0.25, 0.3) is 11.0 Å². The van der Waals surface area contributed by atoms with Crippen LogP contribution in [-0.2, 0) is 16.0 Å². The number of esters is 1. The zero-order valence-corrected chi connectivity index (χ0v) is 10.6. The van der Waals surface area contributed by atoms with Crippen LogP contribution in [0.15, 0.2) is 28.9 Å². The average Bonchev–Trinajstić information content (AvgIpc) is 2.81. The lowest BCUT2D eigenvalue weighted by Gasteiger charge is -2.10. The minimum absolute atomic E-state index is 0.194. The molecule has 18 heavy (non-hydrogen) atoms. The number of carbonyl (C=O) groups is 1. The molecule has 0 unspecified atom stereocenters. The second-order valence-corrected chi connectivity index (χ2v) is 3.81. The van der Waals surface area contributed by atoms with E-state index < -0.39 is 0 Å². The topological polar surface area (TPSA) is 48.7 Å². The first-order valence-electron chi connectivity index (χ1n) is 6.03. The molecule has 0 spiro atoms. The highest BCUT2D eigenvalue weighted by molar-refractivity contribution is 5.86. The molecule has 0 aliphatic rings. The predicted molar refractivity (Wildman–Crippen MR) is 67.7 cm³/mol. The van der Waals surface area contributed by atoms with Gasteiger partial charge in [-0.1, -0.05) is 12.1 Å². The summed E-state index contributed by atoms with van der Waals surface area (Å²) in [5.74, 6) is 0.373. The second kappa shape index (κ2) is 5.58. The number of hydrogen-bond acceptors (Lipinski definition) is 4. The van der Waals surface area contributed by atoms with Crippen molar-refractivity contribution in [3.63, 3.8) is 0 Å². The Morgan fingerprint density at radius 3 is 2.78 bits per heavy atom. The van der Waals surface area contributed by atoms with Crippen molar-refractivity contribution in [3.05, 3.63) is 30.0 Å². The van der Waals surface area contributed by atoms with Crippen molar-refractivity contribution in [2.45, 2.75) is 20.3 Å². The minimum atomic E-state index is -0.260. The van der Waals surface area contributed by atoms with Gasteiger partial charge in [-0.05, 0) is 19.9 Å². The molecule has 0 saturated carbocycles. The molecule has 0 N–H and O–H groups in total. The van der Waals surface area contributed by atoms with Crippen molar-refractivity contribution in [1.29, 1.82) is 0 Å². The van der Waals surface area contributed by atoms with Crippen LogP contribution in [0.1, 0.15) is 19.4 Å². The Balaban J connectivity index is 2.36. The van der Waals surface area contributed by atoms with Gasteiger partial charge in [0.25, 0.3) is 0 Å². The Morgan fingerprint density at radius 1 is 1.22 bits per heavy atom. The van der Waals surface area contributed by atoms with E-state index in [0.717, 1.165) is 10.9 Å². The van der Waals surface area contributed by atoms with Gasteiger partial charge in [-0.3, -0.25) is 4.79 Å². The molecule has 0 fully saturated rings. The largest absolute Gasteiger partial charge is 0.490 e. The third-order valence-corrected chi connectivity index (χ3v) is 2.59. The van der Waals surface area contributed by atoms with Crippen LogP contribution in [-0.4, -0.2) is 19.2 Å². The summed E-state index contributed by atoms with van der Waals surface area (Å²) >= 11 is 0. The van der Waals surface area contributed by atoms with Crippen LogP contribution >= 0.6 is 0 Å². The molecular weight excluding hydrogens is 232 g/mol. The third-order valence-electron chi connectivity index (χ3n) is 2.59. The number of rotatable bonds is 5. The zero-order chi connectivity index (χ0) is 13.0. The summed E-state index contributed by atoms with van der Waals surface area (Å²) in [6.07, 6.45) is 1.81. The van der Waals surface area contributed by atoms with Crippen molar-refractivity contribution >= 4 is 16.9 Å². The molecule has 1 aromatic carbocycles. The first-order chi connectivity index (χ1) is 8.76. The Hall–Kier alpha value is -1.97.